The van der Waals surface area contributed by atoms with Crippen molar-refractivity contribution in [2.24, 2.45) is 5.92 Å². The van der Waals surface area contributed by atoms with Crippen LogP contribution in [0.25, 0.3) is 17.5 Å². The van der Waals surface area contributed by atoms with Gasteiger partial charge in [-0.15, -0.1) is 0 Å². The van der Waals surface area contributed by atoms with Crippen molar-refractivity contribution in [1.29, 1.82) is 0 Å². The van der Waals surface area contributed by atoms with Gasteiger partial charge in [-0.1, -0.05) is 13.8 Å². The number of hydrogen-bond donors (Lipinski definition) is 2. The second kappa shape index (κ2) is 9.80. The molecule has 1 aliphatic heterocycles. The highest BCUT2D eigenvalue weighted by Crippen LogP contribution is 2.30. The van der Waals surface area contributed by atoms with Crippen LogP contribution in [0.2, 0.25) is 0 Å². The molecule has 1 atom stereocenters. The second-order valence-corrected chi connectivity index (χ2v) is 9.18. The molecule has 2 aromatic heterocycles. The average Bonchev–Trinajstić information content (AvgIpc) is 3.48. The molecule has 9 heteroatoms. The van der Waals surface area contributed by atoms with E-state index < -0.39 is 11.9 Å². The minimum absolute atomic E-state index is 0.0769. The standard InChI is InChI=1S/C25H31N5O4/c1-15(2)22(24(32)26-3)28-23(31)21-6-5-20(34-21)19-13-16-11-17(12-18(16)14-27-19)25(33)30-9-7-29(4)8-10-30/h5-6,12-15,22H,7-11H2,1-4H3,(H,26,32)(H,28,31)/t22-/m0/s1. The summed E-state index contributed by atoms with van der Waals surface area (Å²) in [6.07, 6.45) is 4.20. The van der Waals surface area contributed by atoms with Crippen LogP contribution in [-0.4, -0.2) is 78.8 Å². The quantitative estimate of drug-likeness (QED) is 0.670. The normalized spacial score (nSPS) is 16.7. The smallest absolute Gasteiger partial charge is 0.287 e. The molecule has 0 spiro atoms. The highest BCUT2D eigenvalue weighted by molar-refractivity contribution is 6.00. The number of rotatable bonds is 6. The highest BCUT2D eigenvalue weighted by Gasteiger charge is 2.27. The first-order valence-electron chi connectivity index (χ1n) is 11.6. The fourth-order valence-electron chi connectivity index (χ4n) is 4.22. The molecule has 2 aromatic rings. The molecular formula is C25H31N5O4. The second-order valence-electron chi connectivity index (χ2n) is 9.18. The summed E-state index contributed by atoms with van der Waals surface area (Å²) in [5, 5.41) is 5.29. The van der Waals surface area contributed by atoms with Crippen LogP contribution in [0.5, 0.6) is 0 Å². The van der Waals surface area contributed by atoms with Gasteiger partial charge >= 0.3 is 0 Å². The largest absolute Gasteiger partial charge is 0.449 e. The van der Waals surface area contributed by atoms with E-state index in [4.69, 9.17) is 4.42 Å². The summed E-state index contributed by atoms with van der Waals surface area (Å²) < 4.78 is 5.76. The number of aromatic nitrogens is 1. The molecule has 1 aliphatic carbocycles. The number of carbonyl (C=O) groups is 3. The molecule has 0 aromatic carbocycles. The summed E-state index contributed by atoms with van der Waals surface area (Å²) in [6.45, 7) is 6.96. The monoisotopic (exact) mass is 465 g/mol. The third kappa shape index (κ3) is 4.89. The fraction of sp³-hybridized carbons (Fsp3) is 0.440. The highest BCUT2D eigenvalue weighted by atomic mass is 16.4. The van der Waals surface area contributed by atoms with Gasteiger partial charge in [0.2, 0.25) is 11.8 Å². The predicted octanol–water partition coefficient (Wildman–Crippen LogP) is 1.56. The van der Waals surface area contributed by atoms with Crippen molar-refractivity contribution in [3.8, 4) is 11.5 Å². The summed E-state index contributed by atoms with van der Waals surface area (Å²) >= 11 is 0. The fourth-order valence-corrected chi connectivity index (χ4v) is 4.22. The van der Waals surface area contributed by atoms with Crippen LogP contribution < -0.4 is 10.6 Å². The van der Waals surface area contributed by atoms with E-state index in [0.29, 0.717) is 17.9 Å². The average molecular weight is 466 g/mol. The van der Waals surface area contributed by atoms with Crippen molar-refractivity contribution < 1.29 is 18.8 Å². The van der Waals surface area contributed by atoms with E-state index >= 15 is 0 Å². The van der Waals surface area contributed by atoms with Crippen molar-refractivity contribution in [2.45, 2.75) is 26.3 Å². The molecule has 0 saturated carbocycles. The van der Waals surface area contributed by atoms with Gasteiger partial charge in [-0.3, -0.25) is 19.4 Å². The molecule has 34 heavy (non-hydrogen) atoms. The number of likely N-dealkylation sites (N-methyl/N-ethyl adjacent to an activating group) is 2. The van der Waals surface area contributed by atoms with Gasteiger partial charge < -0.3 is 24.9 Å². The lowest BCUT2D eigenvalue weighted by molar-refractivity contribution is -0.128. The maximum Gasteiger partial charge on any atom is 0.287 e. The van der Waals surface area contributed by atoms with E-state index in [2.05, 4.69) is 27.6 Å². The van der Waals surface area contributed by atoms with Gasteiger partial charge in [0, 0.05) is 51.4 Å². The predicted molar refractivity (Wildman–Crippen MR) is 128 cm³/mol. The molecule has 1 saturated heterocycles. The Morgan fingerprint density at radius 1 is 1.12 bits per heavy atom. The molecule has 1 fully saturated rings. The zero-order chi connectivity index (χ0) is 24.4. The summed E-state index contributed by atoms with van der Waals surface area (Å²) in [7, 11) is 3.60. The number of hydrogen-bond acceptors (Lipinski definition) is 6. The van der Waals surface area contributed by atoms with Gasteiger partial charge in [-0.25, -0.2) is 0 Å². The Morgan fingerprint density at radius 2 is 1.85 bits per heavy atom. The number of nitrogens with zero attached hydrogens (tertiary/aromatic N) is 3. The van der Waals surface area contributed by atoms with Crippen LogP contribution in [0.4, 0.5) is 0 Å². The van der Waals surface area contributed by atoms with E-state index in [1.807, 2.05) is 30.9 Å². The first kappa shape index (κ1) is 23.7. The van der Waals surface area contributed by atoms with E-state index in [0.717, 1.165) is 42.9 Å². The lowest BCUT2D eigenvalue weighted by Gasteiger charge is -2.32. The summed E-state index contributed by atoms with van der Waals surface area (Å²) in [5.41, 5.74) is 3.29. The van der Waals surface area contributed by atoms with Crippen LogP contribution in [0.1, 0.15) is 35.5 Å². The van der Waals surface area contributed by atoms with Gasteiger partial charge in [0.15, 0.2) is 11.5 Å². The molecule has 180 valence electrons. The van der Waals surface area contributed by atoms with Crippen LogP contribution in [0, 0.1) is 5.92 Å². The van der Waals surface area contributed by atoms with Crippen molar-refractivity contribution in [3.63, 3.8) is 0 Å². The molecule has 0 bridgehead atoms. The van der Waals surface area contributed by atoms with Crippen LogP contribution in [0.3, 0.4) is 0 Å². The maximum atomic E-state index is 12.9. The van der Waals surface area contributed by atoms with Crippen molar-refractivity contribution in [3.05, 3.63) is 46.9 Å². The molecule has 2 N–H and O–H groups in total. The van der Waals surface area contributed by atoms with E-state index in [-0.39, 0.29) is 23.5 Å². The third-order valence-corrected chi connectivity index (χ3v) is 6.36. The number of amides is 3. The van der Waals surface area contributed by atoms with Gasteiger partial charge in [-0.05, 0) is 48.4 Å². The number of pyridine rings is 1. The minimum atomic E-state index is -0.661. The number of nitrogens with one attached hydrogen (secondary N) is 2. The zero-order valence-corrected chi connectivity index (χ0v) is 20.1. The number of fused-ring (bicyclic) bond motifs is 1. The molecule has 2 aliphatic rings. The van der Waals surface area contributed by atoms with Gasteiger partial charge in [0.25, 0.3) is 5.91 Å². The van der Waals surface area contributed by atoms with Gasteiger partial charge in [0.1, 0.15) is 11.7 Å². The van der Waals surface area contributed by atoms with Gasteiger partial charge in [-0.2, -0.15) is 0 Å². The molecule has 3 amide bonds. The summed E-state index contributed by atoms with van der Waals surface area (Å²) in [5.74, 6) is -0.157. The first-order chi connectivity index (χ1) is 16.3. The Balaban J connectivity index is 1.44. The van der Waals surface area contributed by atoms with Crippen LogP contribution >= 0.6 is 0 Å². The van der Waals surface area contributed by atoms with Crippen molar-refractivity contribution >= 4 is 23.8 Å². The van der Waals surface area contributed by atoms with Crippen molar-refractivity contribution in [2.75, 3.05) is 40.3 Å². The lowest BCUT2D eigenvalue weighted by Crippen LogP contribution is -2.48. The van der Waals surface area contributed by atoms with E-state index in [9.17, 15) is 14.4 Å². The molecular weight excluding hydrogens is 434 g/mol. The topological polar surface area (TPSA) is 108 Å². The third-order valence-electron chi connectivity index (χ3n) is 6.36. The Hall–Kier alpha value is -3.46. The Morgan fingerprint density at radius 3 is 2.53 bits per heavy atom. The Bertz CT molecular complexity index is 1130. The molecule has 0 unspecified atom stereocenters. The molecule has 3 heterocycles. The molecule has 4 rings (SSSR count). The SMILES string of the molecule is CNC(=O)[C@@H](NC(=O)c1ccc(-c2cc3c(cn2)C=C(C(=O)N2CCN(C)CC2)C3)o1)C(C)C. The van der Waals surface area contributed by atoms with Gasteiger partial charge in [0.05, 0.1) is 0 Å². The van der Waals surface area contributed by atoms with Crippen LogP contribution in [-0.2, 0) is 16.0 Å². The summed E-state index contributed by atoms with van der Waals surface area (Å²) in [4.78, 5) is 46.2. The summed E-state index contributed by atoms with van der Waals surface area (Å²) in [6, 6.07) is 4.50. The number of piperazine rings is 1. The van der Waals surface area contributed by atoms with E-state index in [1.165, 1.54) is 7.05 Å². The van der Waals surface area contributed by atoms with E-state index in [1.54, 1.807) is 18.3 Å². The molecule has 9 nitrogen and oxygen atoms in total. The first-order valence-corrected chi connectivity index (χ1v) is 11.6. The minimum Gasteiger partial charge on any atom is -0.449 e. The maximum absolute atomic E-state index is 12.9. The zero-order valence-electron chi connectivity index (χ0n) is 20.1. The Kier molecular flexibility index (Phi) is 6.83. The van der Waals surface area contributed by atoms with Crippen molar-refractivity contribution in [1.82, 2.24) is 25.4 Å². The van der Waals surface area contributed by atoms with Crippen LogP contribution in [0.15, 0.2) is 34.4 Å². The lowest BCUT2D eigenvalue weighted by atomic mass is 10.0. The number of carbonyl (C=O) groups excluding carboxylic acids is 3. The number of furan rings is 1. The Labute approximate surface area is 199 Å². The molecule has 0 radical (unpaired) electrons.